The Balaban J connectivity index is 1.45. The normalized spacial score (nSPS) is 12.0. The van der Waals surface area contributed by atoms with E-state index in [-0.39, 0.29) is 11.4 Å². The first-order valence-corrected chi connectivity index (χ1v) is 9.42. The van der Waals surface area contributed by atoms with E-state index in [1.165, 1.54) is 23.4 Å². The van der Waals surface area contributed by atoms with E-state index in [4.69, 9.17) is 4.52 Å². The quantitative estimate of drug-likeness (QED) is 0.414. The second-order valence-corrected chi connectivity index (χ2v) is 6.90. The molecule has 5 rings (SSSR count). The van der Waals surface area contributed by atoms with Gasteiger partial charge in [0.15, 0.2) is 0 Å². The lowest BCUT2D eigenvalue weighted by Gasteiger charge is -2.11. The van der Waals surface area contributed by atoms with Crippen molar-refractivity contribution in [1.29, 1.82) is 0 Å². The number of fused-ring (bicyclic) bond motifs is 1. The van der Waals surface area contributed by atoms with Gasteiger partial charge in [0.25, 0.3) is 0 Å². The van der Waals surface area contributed by atoms with Crippen molar-refractivity contribution in [2.45, 2.75) is 19.1 Å². The Kier molecular flexibility index (Phi) is 4.54. The van der Waals surface area contributed by atoms with Crippen molar-refractivity contribution in [1.82, 2.24) is 29.5 Å². The molecule has 0 N–H and O–H groups in total. The van der Waals surface area contributed by atoms with E-state index < -0.39 is 11.7 Å². The highest BCUT2D eigenvalue weighted by atomic mass is 19.4. The van der Waals surface area contributed by atoms with Crippen molar-refractivity contribution in [2.24, 2.45) is 0 Å². The molecule has 3 heterocycles. The number of benzene rings is 2. The zero-order valence-electron chi connectivity index (χ0n) is 16.0. The minimum atomic E-state index is -4.50. The largest absolute Gasteiger partial charge is 0.416 e. The summed E-state index contributed by atoms with van der Waals surface area (Å²) in [6.07, 6.45) is 0.591. The van der Waals surface area contributed by atoms with Gasteiger partial charge in [0.05, 0.1) is 11.3 Å². The Morgan fingerprint density at radius 2 is 1.90 bits per heavy atom. The Bertz CT molecular complexity index is 1340. The maximum Gasteiger partial charge on any atom is 0.416 e. The molecule has 0 fully saturated rings. The molecule has 0 aliphatic heterocycles. The first kappa shape index (κ1) is 19.0. The molecule has 0 saturated heterocycles. The van der Waals surface area contributed by atoms with Gasteiger partial charge in [0.1, 0.15) is 12.7 Å². The van der Waals surface area contributed by atoms with Crippen LogP contribution in [0.4, 0.5) is 13.2 Å². The average molecular weight is 424 g/mol. The molecule has 0 aliphatic carbocycles. The maximum atomic E-state index is 13.3. The number of nitrogens with zero attached hydrogens (tertiary/aromatic N) is 6. The van der Waals surface area contributed by atoms with Crippen LogP contribution >= 0.6 is 0 Å². The Morgan fingerprint density at radius 3 is 2.71 bits per heavy atom. The van der Waals surface area contributed by atoms with Crippen LogP contribution in [0, 0.1) is 0 Å². The highest BCUT2D eigenvalue weighted by molar-refractivity contribution is 5.79. The van der Waals surface area contributed by atoms with Crippen molar-refractivity contribution in [3.8, 4) is 17.1 Å². The third kappa shape index (κ3) is 3.67. The molecule has 3 aromatic heterocycles. The van der Waals surface area contributed by atoms with Gasteiger partial charge in [-0.1, -0.05) is 23.4 Å². The molecule has 2 aromatic carbocycles. The van der Waals surface area contributed by atoms with Crippen LogP contribution in [0.2, 0.25) is 0 Å². The summed E-state index contributed by atoms with van der Waals surface area (Å²) in [4.78, 5) is 8.19. The van der Waals surface area contributed by atoms with Gasteiger partial charge in [0.2, 0.25) is 11.7 Å². The summed E-state index contributed by atoms with van der Waals surface area (Å²) in [5.74, 6) is 0.388. The van der Waals surface area contributed by atoms with Crippen LogP contribution in [-0.2, 0) is 19.1 Å². The van der Waals surface area contributed by atoms with Gasteiger partial charge in [-0.15, -0.1) is 0 Å². The zero-order chi connectivity index (χ0) is 21.4. The highest BCUT2D eigenvalue weighted by Gasteiger charge is 2.32. The molecule has 0 spiro atoms. The van der Waals surface area contributed by atoms with Crippen molar-refractivity contribution >= 4 is 10.9 Å². The summed E-state index contributed by atoms with van der Waals surface area (Å²) >= 11 is 0. The van der Waals surface area contributed by atoms with Gasteiger partial charge < -0.3 is 9.09 Å². The molecule has 5 aromatic rings. The monoisotopic (exact) mass is 424 g/mol. The number of hydrogen-bond donors (Lipinski definition) is 0. The molecule has 0 bridgehead atoms. The molecule has 7 nitrogen and oxygen atoms in total. The Hall–Kier alpha value is -3.95. The number of halogens is 3. The molecule has 0 aliphatic rings. The van der Waals surface area contributed by atoms with Crippen LogP contribution in [0.3, 0.4) is 0 Å². The highest BCUT2D eigenvalue weighted by Crippen LogP contribution is 2.34. The van der Waals surface area contributed by atoms with Gasteiger partial charge in [0, 0.05) is 30.2 Å². The van der Waals surface area contributed by atoms with Crippen LogP contribution in [0.5, 0.6) is 0 Å². The number of rotatable bonds is 5. The lowest BCUT2D eigenvalue weighted by molar-refractivity contribution is -0.137. The molecule has 0 atom stereocenters. The van der Waals surface area contributed by atoms with Crippen molar-refractivity contribution in [2.75, 3.05) is 0 Å². The average Bonchev–Trinajstić information content (AvgIpc) is 3.52. The third-order valence-electron chi connectivity index (χ3n) is 4.95. The number of alkyl halides is 3. The van der Waals surface area contributed by atoms with Crippen LogP contribution in [0.25, 0.3) is 28.0 Å². The van der Waals surface area contributed by atoms with Crippen molar-refractivity contribution in [3.63, 3.8) is 0 Å². The second kappa shape index (κ2) is 7.38. The predicted molar refractivity (Wildman–Crippen MR) is 105 cm³/mol. The first-order valence-electron chi connectivity index (χ1n) is 9.42. The Morgan fingerprint density at radius 1 is 1.03 bits per heavy atom. The van der Waals surface area contributed by atoms with Gasteiger partial charge in [-0.25, -0.2) is 9.67 Å². The molecule has 156 valence electrons. The number of aryl methyl sites for hydroxylation is 2. The topological polar surface area (TPSA) is 74.6 Å². The maximum absolute atomic E-state index is 13.3. The summed E-state index contributed by atoms with van der Waals surface area (Å²) in [6.45, 7) is 0.591. The Labute approximate surface area is 173 Å². The molecule has 0 radical (unpaired) electrons. The van der Waals surface area contributed by atoms with Crippen LogP contribution < -0.4 is 0 Å². The van der Waals surface area contributed by atoms with E-state index in [0.29, 0.717) is 24.5 Å². The molecule has 10 heteroatoms. The summed E-state index contributed by atoms with van der Waals surface area (Å²) in [7, 11) is 0. The standard InChI is InChI=1S/C21H15F3N6O/c22-21(23,24)15-5-6-18(30-13-25-12-26-30)16(11-15)20-27-19(31-28-20)8-10-29-9-7-14-3-1-2-4-17(14)29/h1-7,9,11-13H,8,10H2. The smallest absolute Gasteiger partial charge is 0.347 e. The van der Waals surface area contributed by atoms with Gasteiger partial charge in [-0.3, -0.25) is 0 Å². The molecule has 0 amide bonds. The number of para-hydroxylation sites is 1. The van der Waals surface area contributed by atoms with Crippen LogP contribution in [0.1, 0.15) is 11.5 Å². The van der Waals surface area contributed by atoms with E-state index in [9.17, 15) is 13.2 Å². The lowest BCUT2D eigenvalue weighted by Crippen LogP contribution is -2.07. The summed E-state index contributed by atoms with van der Waals surface area (Å²) in [5, 5.41) is 9.04. The van der Waals surface area contributed by atoms with Crippen LogP contribution in [-0.4, -0.2) is 29.5 Å². The van der Waals surface area contributed by atoms with E-state index >= 15 is 0 Å². The number of aromatic nitrogens is 6. The minimum absolute atomic E-state index is 0.0592. The SMILES string of the molecule is FC(F)(F)c1ccc(-n2cncn2)c(-c2noc(CCn3ccc4ccccc43)n2)c1. The molecule has 31 heavy (non-hydrogen) atoms. The fourth-order valence-electron chi connectivity index (χ4n) is 3.44. The van der Waals surface area contributed by atoms with Crippen molar-refractivity contribution < 1.29 is 17.7 Å². The van der Waals surface area contributed by atoms with Gasteiger partial charge in [-0.05, 0) is 35.7 Å². The lowest BCUT2D eigenvalue weighted by atomic mass is 10.1. The third-order valence-corrected chi connectivity index (χ3v) is 4.95. The fraction of sp³-hybridized carbons (Fsp3) is 0.143. The second-order valence-electron chi connectivity index (χ2n) is 6.90. The van der Waals surface area contributed by atoms with E-state index in [1.54, 1.807) is 0 Å². The fourth-order valence-corrected chi connectivity index (χ4v) is 3.44. The summed E-state index contributed by atoms with van der Waals surface area (Å²) in [5.41, 5.74) is 0.793. The predicted octanol–water partition coefficient (Wildman–Crippen LogP) is 4.53. The van der Waals surface area contributed by atoms with E-state index in [0.717, 1.165) is 23.0 Å². The van der Waals surface area contributed by atoms with Crippen LogP contribution in [0.15, 0.2) is 71.9 Å². The van der Waals surface area contributed by atoms with E-state index in [2.05, 4.69) is 24.8 Å². The summed E-state index contributed by atoms with van der Waals surface area (Å²) < 4.78 is 48.5. The first-order chi connectivity index (χ1) is 15.0. The molecule has 0 unspecified atom stereocenters. The minimum Gasteiger partial charge on any atom is -0.347 e. The van der Waals surface area contributed by atoms with Crippen molar-refractivity contribution in [3.05, 3.63) is 78.8 Å². The van der Waals surface area contributed by atoms with Gasteiger partial charge >= 0.3 is 6.18 Å². The molecule has 0 saturated carbocycles. The van der Waals surface area contributed by atoms with Gasteiger partial charge in [-0.2, -0.15) is 23.3 Å². The molecular formula is C21H15F3N6O. The molecular weight excluding hydrogens is 409 g/mol. The van der Waals surface area contributed by atoms with E-state index in [1.807, 2.05) is 36.5 Å². The summed E-state index contributed by atoms with van der Waals surface area (Å²) in [6, 6.07) is 13.3. The number of hydrogen-bond acceptors (Lipinski definition) is 5. The zero-order valence-corrected chi connectivity index (χ0v) is 16.0.